The Morgan fingerprint density at radius 1 is 1.17 bits per heavy atom. The molecule has 0 spiro atoms. The van der Waals surface area contributed by atoms with Crippen LogP contribution in [0.3, 0.4) is 0 Å². The van der Waals surface area contributed by atoms with Gasteiger partial charge in [0, 0.05) is 5.56 Å². The van der Waals surface area contributed by atoms with Crippen LogP contribution in [0.1, 0.15) is 16.9 Å². The number of furan rings is 1. The Balaban J connectivity index is 1.47. The number of rotatable bonds is 5. The number of carbonyl (C=O) groups excluding carboxylic acids is 1. The zero-order valence-electron chi connectivity index (χ0n) is 18.5. The van der Waals surface area contributed by atoms with Gasteiger partial charge in [-0.15, -0.1) is 0 Å². The number of ether oxygens (including phenoxy) is 1. The molecule has 0 saturated carbocycles. The zero-order chi connectivity index (χ0) is 24.7. The molecule has 3 heterocycles. The number of hydrogen-bond donors (Lipinski definition) is 1. The third-order valence-corrected chi connectivity index (χ3v) is 6.35. The Morgan fingerprint density at radius 2 is 1.97 bits per heavy atom. The third-order valence-electron chi connectivity index (χ3n) is 5.41. The Morgan fingerprint density at radius 3 is 2.71 bits per heavy atom. The van der Waals surface area contributed by atoms with Gasteiger partial charge in [-0.1, -0.05) is 24.3 Å². The van der Waals surface area contributed by atoms with Gasteiger partial charge in [0.25, 0.3) is 11.6 Å². The number of nitrogens with one attached hydrogen (secondary N) is 1. The maximum atomic E-state index is 12.7. The number of benzene rings is 2. The van der Waals surface area contributed by atoms with E-state index in [1.807, 2.05) is 31.2 Å². The van der Waals surface area contributed by atoms with E-state index in [4.69, 9.17) is 14.6 Å². The molecular formula is C24H17N5O5S. The first-order chi connectivity index (χ1) is 16.9. The fourth-order valence-electron chi connectivity index (χ4n) is 3.63. The molecule has 1 aromatic heterocycles. The van der Waals surface area contributed by atoms with E-state index in [1.165, 1.54) is 42.1 Å². The second-order valence-electron chi connectivity index (χ2n) is 7.58. The van der Waals surface area contributed by atoms with Crippen LogP contribution < -0.4 is 4.74 Å². The number of nitrogens with zero attached hydrogens (tertiary/aromatic N) is 4. The van der Waals surface area contributed by atoms with Crippen LogP contribution in [0.15, 0.2) is 74.7 Å². The van der Waals surface area contributed by atoms with Crippen molar-refractivity contribution in [3.8, 4) is 17.1 Å². The number of hydrazone groups is 1. The average Bonchev–Trinajstić information content (AvgIpc) is 3.49. The number of hydrogen-bond acceptors (Lipinski definition) is 8. The van der Waals surface area contributed by atoms with Crippen LogP contribution in [-0.2, 0) is 4.79 Å². The number of carbonyl (C=O) groups is 1. The standard InChI is InChI=1S/C24H17N5O5S/c1-13-5-3-4-6-16(13)23-27-28-21(25)18(22(30)26-24(28)35-23)11-15-8-10-20(34-15)17-9-7-14(33-2)12-19(17)29(31)32/h3-12,25H,1-2H3/b18-11-,25-21?. The van der Waals surface area contributed by atoms with Crippen LogP contribution >= 0.6 is 11.8 Å². The summed E-state index contributed by atoms with van der Waals surface area (Å²) in [6, 6.07) is 15.3. The molecular weight excluding hydrogens is 470 g/mol. The number of nitro groups is 1. The summed E-state index contributed by atoms with van der Waals surface area (Å²) in [7, 11) is 1.42. The summed E-state index contributed by atoms with van der Waals surface area (Å²) in [5.74, 6) is 0.0970. The number of amides is 1. The first-order valence-corrected chi connectivity index (χ1v) is 11.2. The lowest BCUT2D eigenvalue weighted by molar-refractivity contribution is -0.384. The van der Waals surface area contributed by atoms with E-state index in [9.17, 15) is 14.9 Å². The normalized spacial score (nSPS) is 16.3. The second kappa shape index (κ2) is 8.69. The molecule has 1 N–H and O–H groups in total. The molecule has 11 heteroatoms. The number of methoxy groups -OCH3 is 1. The van der Waals surface area contributed by atoms with Crippen molar-refractivity contribution >= 4 is 45.5 Å². The largest absolute Gasteiger partial charge is 0.497 e. The van der Waals surface area contributed by atoms with Gasteiger partial charge in [-0.05, 0) is 54.6 Å². The molecule has 0 radical (unpaired) electrons. The molecule has 5 rings (SSSR count). The third kappa shape index (κ3) is 4.02. The summed E-state index contributed by atoms with van der Waals surface area (Å²) < 4.78 is 10.8. The highest BCUT2D eigenvalue weighted by atomic mass is 32.2. The maximum absolute atomic E-state index is 12.7. The van der Waals surface area contributed by atoms with Gasteiger partial charge in [-0.3, -0.25) is 20.3 Å². The summed E-state index contributed by atoms with van der Waals surface area (Å²) in [5.41, 5.74) is 1.99. The van der Waals surface area contributed by atoms with Gasteiger partial charge in [0.2, 0.25) is 5.17 Å². The van der Waals surface area contributed by atoms with Crippen molar-refractivity contribution in [3.63, 3.8) is 0 Å². The summed E-state index contributed by atoms with van der Waals surface area (Å²) in [6.45, 7) is 1.96. The van der Waals surface area contributed by atoms with E-state index >= 15 is 0 Å². The van der Waals surface area contributed by atoms with Crippen LogP contribution in [0.4, 0.5) is 5.69 Å². The SMILES string of the molecule is COc1ccc(-c2ccc(/C=C3/C(=N)N4N=C(c5ccccc5C)SC4=NC3=O)o2)c([N+](=O)[O-])c1. The molecule has 0 aliphatic carbocycles. The summed E-state index contributed by atoms with van der Waals surface area (Å²) in [4.78, 5) is 27.8. The van der Waals surface area contributed by atoms with Crippen molar-refractivity contribution < 1.29 is 18.9 Å². The lowest BCUT2D eigenvalue weighted by Crippen LogP contribution is -2.35. The number of fused-ring (bicyclic) bond motifs is 1. The van der Waals surface area contributed by atoms with Crippen LogP contribution in [0.2, 0.25) is 0 Å². The minimum absolute atomic E-state index is 0.00531. The molecule has 0 unspecified atom stereocenters. The van der Waals surface area contributed by atoms with Crippen LogP contribution in [0.5, 0.6) is 5.75 Å². The molecule has 2 aliphatic heterocycles. The van der Waals surface area contributed by atoms with E-state index in [-0.39, 0.29) is 34.2 Å². The quantitative estimate of drug-likeness (QED) is 0.309. The first kappa shape index (κ1) is 22.3. The van der Waals surface area contributed by atoms with Crippen LogP contribution in [0.25, 0.3) is 17.4 Å². The van der Waals surface area contributed by atoms with E-state index in [2.05, 4.69) is 10.1 Å². The summed E-state index contributed by atoms with van der Waals surface area (Å²) in [6.07, 6.45) is 1.38. The smallest absolute Gasteiger partial charge is 0.284 e. The molecule has 0 bridgehead atoms. The molecule has 3 aromatic rings. The van der Waals surface area contributed by atoms with Gasteiger partial charge in [0.05, 0.1) is 29.2 Å². The molecule has 174 valence electrons. The lowest BCUT2D eigenvalue weighted by Gasteiger charge is -2.19. The number of nitro benzene ring substituents is 1. The van der Waals surface area contributed by atoms with E-state index in [1.54, 1.807) is 18.2 Å². The number of amidine groups is 2. The van der Waals surface area contributed by atoms with Gasteiger partial charge < -0.3 is 9.15 Å². The van der Waals surface area contributed by atoms with Gasteiger partial charge >= 0.3 is 0 Å². The summed E-state index contributed by atoms with van der Waals surface area (Å²) in [5, 5.41) is 26.8. The van der Waals surface area contributed by atoms with Crippen LogP contribution in [0, 0.1) is 22.4 Å². The zero-order valence-corrected chi connectivity index (χ0v) is 19.3. The molecule has 2 aliphatic rings. The number of thioether (sulfide) groups is 1. The molecule has 1 amide bonds. The highest BCUT2D eigenvalue weighted by Crippen LogP contribution is 2.35. The van der Waals surface area contributed by atoms with E-state index in [0.717, 1.165) is 11.1 Å². The fourth-order valence-corrected chi connectivity index (χ4v) is 4.61. The van der Waals surface area contributed by atoms with Gasteiger partial charge in [-0.25, -0.2) is 0 Å². The highest BCUT2D eigenvalue weighted by molar-refractivity contribution is 8.27. The Hall–Kier alpha value is -4.51. The highest BCUT2D eigenvalue weighted by Gasteiger charge is 2.36. The van der Waals surface area contributed by atoms with Gasteiger partial charge in [0.15, 0.2) is 5.84 Å². The first-order valence-electron chi connectivity index (χ1n) is 10.3. The van der Waals surface area contributed by atoms with E-state index in [0.29, 0.717) is 16.0 Å². The molecule has 0 saturated heterocycles. The van der Waals surface area contributed by atoms with Crippen LogP contribution in [-0.4, -0.2) is 39.0 Å². The fraction of sp³-hybridized carbons (Fsp3) is 0.0833. The Labute approximate surface area is 203 Å². The van der Waals surface area contributed by atoms with Crippen molar-refractivity contribution in [1.29, 1.82) is 5.41 Å². The van der Waals surface area contributed by atoms with Crippen molar-refractivity contribution in [3.05, 3.63) is 87.2 Å². The molecule has 2 aromatic carbocycles. The lowest BCUT2D eigenvalue weighted by atomic mass is 10.1. The Bertz CT molecular complexity index is 1500. The minimum atomic E-state index is -0.594. The predicted molar refractivity (Wildman–Crippen MR) is 133 cm³/mol. The molecule has 10 nitrogen and oxygen atoms in total. The molecule has 35 heavy (non-hydrogen) atoms. The maximum Gasteiger partial charge on any atom is 0.284 e. The van der Waals surface area contributed by atoms with Gasteiger partial charge in [0.1, 0.15) is 22.3 Å². The van der Waals surface area contributed by atoms with Crippen molar-refractivity contribution in [2.24, 2.45) is 10.1 Å². The van der Waals surface area contributed by atoms with E-state index < -0.39 is 10.8 Å². The average molecular weight is 487 g/mol. The van der Waals surface area contributed by atoms with Crippen molar-refractivity contribution in [2.45, 2.75) is 6.92 Å². The predicted octanol–water partition coefficient (Wildman–Crippen LogP) is 4.84. The second-order valence-corrected chi connectivity index (χ2v) is 8.54. The molecule has 0 atom stereocenters. The monoisotopic (exact) mass is 487 g/mol. The topological polar surface area (TPSA) is 134 Å². The minimum Gasteiger partial charge on any atom is -0.497 e. The summed E-state index contributed by atoms with van der Waals surface area (Å²) >= 11 is 1.23. The van der Waals surface area contributed by atoms with Gasteiger partial charge in [-0.2, -0.15) is 15.1 Å². The number of aryl methyl sites for hydroxylation is 1. The van der Waals surface area contributed by atoms with Crippen molar-refractivity contribution in [2.75, 3.05) is 7.11 Å². The number of aliphatic imine (C=N–C) groups is 1. The molecule has 0 fully saturated rings. The van der Waals surface area contributed by atoms with Crippen molar-refractivity contribution in [1.82, 2.24) is 5.01 Å². The Kier molecular flexibility index (Phi) is 5.53.